The minimum atomic E-state index is -2.13. The molecule has 237 valence electrons. The standard InChI is InChI=1S/C22H17N2S.C18H24NSi.Ir/c1-14(2)24-19-12-5-4-11-18(19)23-22(24)17-10-7-9-16-15-8-3-6-13-20(15)25-21(16)17;1-13(2)16-11-17(15-9-7-14(3)8-10-15)19-12-18(16)20(4,5)6;/h3-9,11-14H,1-2H3;7-9,11-13H,1-6H3;/q2*-1;/i;3D3,13D;. The Balaban J connectivity index is 0.000000191. The van der Waals surface area contributed by atoms with Gasteiger partial charge in [0.15, 0.2) is 0 Å². The number of benzene rings is 4. The number of hydrogen-bond donors (Lipinski definition) is 0. The zero-order chi connectivity index (χ0) is 35.3. The molecule has 0 N–H and O–H groups in total. The van der Waals surface area contributed by atoms with E-state index in [1.54, 1.807) is 12.1 Å². The van der Waals surface area contributed by atoms with Gasteiger partial charge in [-0.1, -0.05) is 93.3 Å². The van der Waals surface area contributed by atoms with Crippen LogP contribution in [0.3, 0.4) is 0 Å². The molecule has 0 amide bonds. The van der Waals surface area contributed by atoms with Crippen molar-refractivity contribution in [2.45, 2.75) is 66.1 Å². The SMILES string of the molecule is CC(C)n1c(-c2[c-]ccc3c2sc2ccccc23)nc2ccccc21.[2H]C([2H])([2H])c1c[c-]c(-c2cc(C([2H])(C)C)c([Si](C)(C)C)cn2)cc1.[Ir]. The monoisotopic (exact) mass is 820 g/mol. The molecule has 0 spiro atoms. The first-order chi connectivity index (χ1) is 23.0. The quantitative estimate of drug-likeness (QED) is 0.128. The summed E-state index contributed by atoms with van der Waals surface area (Å²) in [5.41, 5.74) is 6.05. The van der Waals surface area contributed by atoms with Crippen molar-refractivity contribution in [3.63, 3.8) is 0 Å². The van der Waals surface area contributed by atoms with Gasteiger partial charge in [-0.05, 0) is 58.9 Å². The van der Waals surface area contributed by atoms with Crippen LogP contribution in [0.4, 0.5) is 0 Å². The van der Waals surface area contributed by atoms with Crippen LogP contribution in [0.1, 0.15) is 56.2 Å². The second kappa shape index (κ2) is 13.7. The van der Waals surface area contributed by atoms with Crippen molar-refractivity contribution in [3.05, 3.63) is 114 Å². The number of aromatic nitrogens is 3. The molecule has 0 aliphatic heterocycles. The zero-order valence-corrected chi connectivity index (χ0v) is 31.5. The van der Waals surface area contributed by atoms with Crippen molar-refractivity contribution in [1.82, 2.24) is 14.5 Å². The summed E-state index contributed by atoms with van der Waals surface area (Å²) in [5, 5.41) is 3.78. The minimum Gasteiger partial charge on any atom is -0.362 e. The van der Waals surface area contributed by atoms with E-state index in [2.05, 4.69) is 104 Å². The molecule has 6 heteroatoms. The Bertz CT molecular complexity index is 2280. The van der Waals surface area contributed by atoms with Crippen LogP contribution in [0, 0.1) is 19.0 Å². The fraction of sp³-hybridized carbons (Fsp3) is 0.250. The van der Waals surface area contributed by atoms with E-state index in [-0.39, 0.29) is 25.7 Å². The number of aryl methyl sites for hydroxylation is 1. The molecular formula is C40H41IrN3SSi-2. The Morgan fingerprint density at radius 1 is 0.913 bits per heavy atom. The van der Waals surface area contributed by atoms with E-state index in [1.165, 1.54) is 36.9 Å². The Hall–Kier alpha value is -3.41. The van der Waals surface area contributed by atoms with E-state index in [0.29, 0.717) is 6.04 Å². The number of fused-ring (bicyclic) bond motifs is 4. The number of pyridine rings is 1. The van der Waals surface area contributed by atoms with Gasteiger partial charge in [0.05, 0.1) is 24.9 Å². The number of hydrogen-bond acceptors (Lipinski definition) is 3. The molecule has 0 unspecified atom stereocenters. The zero-order valence-electron chi connectivity index (χ0n) is 31.3. The summed E-state index contributed by atoms with van der Waals surface area (Å²) in [4.78, 5) is 9.52. The molecule has 0 saturated carbocycles. The van der Waals surface area contributed by atoms with E-state index in [4.69, 9.17) is 10.5 Å². The van der Waals surface area contributed by atoms with Gasteiger partial charge in [-0.3, -0.25) is 4.98 Å². The maximum absolute atomic E-state index is 8.48. The second-order valence-corrected chi connectivity index (χ2v) is 19.0. The van der Waals surface area contributed by atoms with Crippen molar-refractivity contribution in [2.75, 3.05) is 0 Å². The summed E-state index contributed by atoms with van der Waals surface area (Å²) < 4.78 is 35.7. The van der Waals surface area contributed by atoms with Crippen LogP contribution in [-0.4, -0.2) is 22.6 Å². The Labute approximate surface area is 297 Å². The third kappa shape index (κ3) is 6.68. The Morgan fingerprint density at radius 2 is 1.67 bits per heavy atom. The molecule has 0 saturated heterocycles. The van der Waals surface area contributed by atoms with Gasteiger partial charge in [-0.2, -0.15) is 11.3 Å². The molecular weight excluding hydrogens is 775 g/mol. The molecule has 1 radical (unpaired) electrons. The fourth-order valence-corrected chi connectivity index (χ4v) is 8.57. The Kier molecular flexibility index (Phi) is 8.60. The van der Waals surface area contributed by atoms with E-state index in [1.807, 2.05) is 49.6 Å². The van der Waals surface area contributed by atoms with Gasteiger partial charge in [0, 0.05) is 42.5 Å². The molecule has 4 aromatic carbocycles. The van der Waals surface area contributed by atoms with Crippen molar-refractivity contribution in [2.24, 2.45) is 0 Å². The van der Waals surface area contributed by atoms with Crippen molar-refractivity contribution >= 4 is 55.8 Å². The summed E-state index contributed by atoms with van der Waals surface area (Å²) in [6.45, 7) is 12.8. The van der Waals surface area contributed by atoms with Crippen molar-refractivity contribution < 1.29 is 25.6 Å². The number of thiophene rings is 1. The number of imidazole rings is 1. The predicted octanol–water partition coefficient (Wildman–Crippen LogP) is 11.0. The first kappa shape index (κ1) is 28.8. The van der Waals surface area contributed by atoms with Crippen molar-refractivity contribution in [1.29, 1.82) is 0 Å². The van der Waals surface area contributed by atoms with Crippen LogP contribution in [-0.2, 0) is 20.1 Å². The van der Waals surface area contributed by atoms with Crippen LogP contribution in [0.2, 0.25) is 19.6 Å². The first-order valence-corrected chi connectivity index (χ1v) is 19.7. The maximum atomic E-state index is 8.48. The largest absolute Gasteiger partial charge is 0.362 e. The van der Waals surface area contributed by atoms with Gasteiger partial charge < -0.3 is 9.55 Å². The second-order valence-electron chi connectivity index (χ2n) is 12.9. The van der Waals surface area contributed by atoms with E-state index in [9.17, 15) is 0 Å². The molecule has 7 rings (SSSR count). The maximum Gasteiger partial charge on any atom is 0.0799 e. The smallest absolute Gasteiger partial charge is 0.0799 e. The average Bonchev–Trinajstić information content (AvgIpc) is 3.63. The van der Waals surface area contributed by atoms with Gasteiger partial charge in [0.2, 0.25) is 0 Å². The third-order valence-electron chi connectivity index (χ3n) is 8.01. The fourth-order valence-electron chi connectivity index (χ4n) is 5.80. The van der Waals surface area contributed by atoms with Crippen LogP contribution in [0.15, 0.2) is 91.1 Å². The molecule has 46 heavy (non-hydrogen) atoms. The molecule has 3 heterocycles. The molecule has 7 aromatic rings. The molecule has 0 atom stereocenters. The minimum absolute atomic E-state index is 0. The Morgan fingerprint density at radius 3 is 2.37 bits per heavy atom. The van der Waals surface area contributed by atoms with E-state index < -0.39 is 20.8 Å². The molecule has 0 aliphatic carbocycles. The number of nitrogens with zero attached hydrogens (tertiary/aromatic N) is 3. The molecule has 0 fully saturated rings. The van der Waals surface area contributed by atoms with Crippen LogP contribution >= 0.6 is 11.3 Å². The first-order valence-electron chi connectivity index (χ1n) is 17.4. The molecule has 0 bridgehead atoms. The van der Waals surface area contributed by atoms with Crippen LogP contribution in [0.5, 0.6) is 0 Å². The van der Waals surface area contributed by atoms with Gasteiger partial charge >= 0.3 is 0 Å². The van der Waals surface area contributed by atoms with Gasteiger partial charge in [-0.15, -0.1) is 53.6 Å². The topological polar surface area (TPSA) is 30.7 Å². The van der Waals surface area contributed by atoms with E-state index >= 15 is 0 Å². The third-order valence-corrected chi connectivity index (χ3v) is 11.2. The molecule has 3 aromatic heterocycles. The van der Waals surface area contributed by atoms with Crippen LogP contribution < -0.4 is 5.19 Å². The number of rotatable bonds is 5. The van der Waals surface area contributed by atoms with Gasteiger partial charge in [0.25, 0.3) is 0 Å². The summed E-state index contributed by atoms with van der Waals surface area (Å²) in [6.07, 6.45) is 1.89. The molecule has 3 nitrogen and oxygen atoms in total. The summed E-state index contributed by atoms with van der Waals surface area (Å²) in [7, 11) is -1.61. The van der Waals surface area contributed by atoms with Gasteiger partial charge in [0.1, 0.15) is 0 Å². The van der Waals surface area contributed by atoms with Gasteiger partial charge in [-0.25, -0.2) is 0 Å². The normalized spacial score (nSPS) is 13.5. The van der Waals surface area contributed by atoms with Crippen LogP contribution in [0.25, 0.3) is 53.9 Å². The van der Waals surface area contributed by atoms with E-state index in [0.717, 1.165) is 33.7 Å². The molecule has 0 aliphatic rings. The summed E-state index contributed by atoms with van der Waals surface area (Å²) in [6, 6.07) is 34.8. The predicted molar refractivity (Wildman–Crippen MR) is 198 cm³/mol. The van der Waals surface area contributed by atoms with Crippen molar-refractivity contribution in [3.8, 4) is 22.6 Å². The average molecular weight is 820 g/mol. The summed E-state index contributed by atoms with van der Waals surface area (Å²) >= 11 is 1.83. The summed E-state index contributed by atoms with van der Waals surface area (Å²) in [5.74, 6) is 0.291. The number of para-hydroxylation sites is 2.